The molecule has 0 aromatic carbocycles. The standard InChI is InChI=1S/C18H18N6/c1-21-7-9-23(13-21)15-3-5-17(19-11-15)18-6-4-16(12-20-18)24-10-8-22(2)14-24/h3-14H,1-2H3/q+2. The first-order valence-electron chi connectivity index (χ1n) is 7.69. The third kappa shape index (κ3) is 2.69. The fourth-order valence-electron chi connectivity index (χ4n) is 2.59. The van der Waals surface area contributed by atoms with E-state index in [1.807, 2.05) is 106 Å². The predicted molar refractivity (Wildman–Crippen MR) is 88.5 cm³/mol. The minimum Gasteiger partial charge on any atom is -0.250 e. The molecule has 118 valence electrons. The molecule has 6 nitrogen and oxygen atoms in total. The van der Waals surface area contributed by atoms with Crippen LogP contribution in [0.3, 0.4) is 0 Å². The quantitative estimate of drug-likeness (QED) is 0.536. The minimum absolute atomic E-state index is 0.861. The van der Waals surface area contributed by atoms with Crippen molar-refractivity contribution in [3.8, 4) is 22.8 Å². The highest BCUT2D eigenvalue weighted by molar-refractivity contribution is 5.56. The van der Waals surface area contributed by atoms with Gasteiger partial charge in [-0.15, -0.1) is 0 Å². The summed E-state index contributed by atoms with van der Waals surface area (Å²) in [6.45, 7) is 0. The topological polar surface area (TPSA) is 43.4 Å². The van der Waals surface area contributed by atoms with Crippen LogP contribution in [0.4, 0.5) is 0 Å². The van der Waals surface area contributed by atoms with Crippen molar-refractivity contribution in [3.63, 3.8) is 0 Å². The van der Waals surface area contributed by atoms with Gasteiger partial charge in [0.2, 0.25) is 12.7 Å². The molecule has 4 heterocycles. The van der Waals surface area contributed by atoms with Crippen molar-refractivity contribution in [3.05, 3.63) is 74.1 Å². The first kappa shape index (κ1) is 14.3. The van der Waals surface area contributed by atoms with Crippen molar-refractivity contribution in [2.75, 3.05) is 0 Å². The van der Waals surface area contributed by atoms with Gasteiger partial charge in [0.25, 0.3) is 0 Å². The maximum absolute atomic E-state index is 4.54. The highest BCUT2D eigenvalue weighted by Gasteiger charge is 2.08. The molecule has 4 aromatic rings. The Morgan fingerprint density at radius 2 is 1.17 bits per heavy atom. The van der Waals surface area contributed by atoms with E-state index in [2.05, 4.69) is 9.97 Å². The molecule has 0 saturated carbocycles. The maximum atomic E-state index is 4.54. The van der Waals surface area contributed by atoms with Crippen LogP contribution in [0.15, 0.2) is 74.1 Å². The summed E-state index contributed by atoms with van der Waals surface area (Å²) < 4.78 is 8.05. The van der Waals surface area contributed by atoms with Crippen molar-refractivity contribution in [2.24, 2.45) is 14.1 Å². The lowest BCUT2D eigenvalue weighted by Crippen LogP contribution is -2.23. The zero-order valence-electron chi connectivity index (χ0n) is 13.6. The lowest BCUT2D eigenvalue weighted by Gasteiger charge is -2.02. The molecule has 0 saturated heterocycles. The van der Waals surface area contributed by atoms with Crippen LogP contribution in [-0.4, -0.2) is 19.1 Å². The van der Waals surface area contributed by atoms with Gasteiger partial charge >= 0.3 is 0 Å². The fraction of sp³-hybridized carbons (Fsp3) is 0.111. The lowest BCUT2D eigenvalue weighted by atomic mass is 10.2. The lowest BCUT2D eigenvalue weighted by molar-refractivity contribution is -0.670. The molecule has 0 radical (unpaired) electrons. The summed E-state index contributed by atoms with van der Waals surface area (Å²) in [6.07, 6.45) is 15.7. The molecule has 0 N–H and O–H groups in total. The number of imidazole rings is 2. The molecule has 24 heavy (non-hydrogen) atoms. The Labute approximate surface area is 139 Å². The Morgan fingerprint density at radius 1 is 0.708 bits per heavy atom. The molecule has 0 aliphatic carbocycles. The van der Waals surface area contributed by atoms with E-state index >= 15 is 0 Å². The highest BCUT2D eigenvalue weighted by atomic mass is 15.1. The van der Waals surface area contributed by atoms with Crippen LogP contribution in [-0.2, 0) is 14.1 Å². The predicted octanol–water partition coefficient (Wildman–Crippen LogP) is 1.37. The molecule has 0 bridgehead atoms. The van der Waals surface area contributed by atoms with Gasteiger partial charge in [-0.25, -0.2) is 18.3 Å². The van der Waals surface area contributed by atoms with Crippen LogP contribution in [0.1, 0.15) is 0 Å². The summed E-state index contributed by atoms with van der Waals surface area (Å²) in [7, 11) is 3.99. The Hall–Kier alpha value is -3.28. The van der Waals surface area contributed by atoms with Gasteiger partial charge in [0.1, 0.15) is 24.8 Å². The van der Waals surface area contributed by atoms with Gasteiger partial charge in [-0.1, -0.05) is 0 Å². The van der Waals surface area contributed by atoms with Crippen molar-refractivity contribution >= 4 is 0 Å². The second-order valence-corrected chi connectivity index (χ2v) is 5.78. The molecular formula is C18H18N6+2. The number of aromatic nitrogens is 6. The van der Waals surface area contributed by atoms with E-state index < -0.39 is 0 Å². The average molecular weight is 318 g/mol. The third-order valence-corrected chi connectivity index (χ3v) is 3.89. The number of pyridine rings is 2. The molecule has 4 aromatic heterocycles. The van der Waals surface area contributed by atoms with Gasteiger partial charge in [0.15, 0.2) is 11.4 Å². The summed E-state index contributed by atoms with van der Waals surface area (Å²) in [5, 5.41) is 0. The van der Waals surface area contributed by atoms with Gasteiger partial charge in [-0.3, -0.25) is 9.97 Å². The van der Waals surface area contributed by atoms with E-state index in [1.54, 1.807) is 0 Å². The molecule has 0 fully saturated rings. The Kier molecular flexibility index (Phi) is 3.42. The van der Waals surface area contributed by atoms with E-state index in [0.717, 1.165) is 22.8 Å². The van der Waals surface area contributed by atoms with Crippen LogP contribution in [0.25, 0.3) is 22.8 Å². The van der Waals surface area contributed by atoms with Crippen LogP contribution >= 0.6 is 0 Å². The van der Waals surface area contributed by atoms with Crippen LogP contribution in [0.5, 0.6) is 0 Å². The number of hydrogen-bond acceptors (Lipinski definition) is 2. The number of nitrogens with zero attached hydrogens (tertiary/aromatic N) is 6. The Morgan fingerprint density at radius 3 is 1.46 bits per heavy atom. The summed E-state index contributed by atoms with van der Waals surface area (Å²) in [5.41, 5.74) is 3.77. The Bertz CT molecular complexity index is 882. The number of aryl methyl sites for hydroxylation is 2. The van der Waals surface area contributed by atoms with E-state index in [0.29, 0.717) is 0 Å². The second kappa shape index (κ2) is 5.73. The van der Waals surface area contributed by atoms with Gasteiger partial charge in [0.05, 0.1) is 37.9 Å². The maximum Gasteiger partial charge on any atom is 0.248 e. The van der Waals surface area contributed by atoms with Crippen molar-refractivity contribution in [1.29, 1.82) is 0 Å². The van der Waals surface area contributed by atoms with Crippen molar-refractivity contribution < 1.29 is 9.13 Å². The summed E-state index contributed by atoms with van der Waals surface area (Å²) in [4.78, 5) is 9.08. The fourth-order valence-corrected chi connectivity index (χ4v) is 2.59. The van der Waals surface area contributed by atoms with Gasteiger partial charge in [-0.05, 0) is 24.3 Å². The number of hydrogen-bond donors (Lipinski definition) is 0. The monoisotopic (exact) mass is 318 g/mol. The first-order valence-corrected chi connectivity index (χ1v) is 7.69. The molecule has 0 unspecified atom stereocenters. The highest BCUT2D eigenvalue weighted by Crippen LogP contribution is 2.17. The SMILES string of the molecule is C[n+]1ccn(-c2ccc(-c3ccc(-n4cc[n+](C)c4)cn3)nc2)c1. The molecule has 0 aliphatic rings. The third-order valence-electron chi connectivity index (χ3n) is 3.89. The summed E-state index contributed by atoms with van der Waals surface area (Å²) >= 11 is 0. The van der Waals surface area contributed by atoms with Gasteiger partial charge in [0, 0.05) is 0 Å². The van der Waals surface area contributed by atoms with E-state index in [1.165, 1.54) is 0 Å². The molecule has 0 atom stereocenters. The molecule has 0 aliphatic heterocycles. The smallest absolute Gasteiger partial charge is 0.248 e. The van der Waals surface area contributed by atoms with E-state index in [4.69, 9.17) is 0 Å². The van der Waals surface area contributed by atoms with Crippen LogP contribution in [0, 0.1) is 0 Å². The summed E-state index contributed by atoms with van der Waals surface area (Å²) in [5.74, 6) is 0. The number of rotatable bonds is 3. The first-order chi connectivity index (χ1) is 11.7. The zero-order valence-corrected chi connectivity index (χ0v) is 13.6. The largest absolute Gasteiger partial charge is 0.250 e. The van der Waals surface area contributed by atoms with Gasteiger partial charge < -0.3 is 0 Å². The van der Waals surface area contributed by atoms with E-state index in [9.17, 15) is 0 Å². The van der Waals surface area contributed by atoms with E-state index in [-0.39, 0.29) is 0 Å². The minimum atomic E-state index is 0.861. The van der Waals surface area contributed by atoms with Gasteiger partial charge in [-0.2, -0.15) is 0 Å². The Balaban J connectivity index is 1.59. The van der Waals surface area contributed by atoms with Crippen LogP contribution < -0.4 is 9.13 Å². The summed E-state index contributed by atoms with van der Waals surface area (Å²) in [6, 6.07) is 8.08. The second-order valence-electron chi connectivity index (χ2n) is 5.78. The van der Waals surface area contributed by atoms with Crippen LogP contribution in [0.2, 0.25) is 0 Å². The molecule has 4 rings (SSSR count). The van der Waals surface area contributed by atoms with Crippen molar-refractivity contribution in [1.82, 2.24) is 19.1 Å². The molecule has 0 spiro atoms. The normalized spacial score (nSPS) is 10.9. The molecule has 6 heteroatoms. The molecule has 0 amide bonds. The van der Waals surface area contributed by atoms with Crippen molar-refractivity contribution in [2.45, 2.75) is 0 Å². The zero-order chi connectivity index (χ0) is 16.5. The molecular weight excluding hydrogens is 300 g/mol. The average Bonchev–Trinajstić information content (AvgIpc) is 3.24.